The van der Waals surface area contributed by atoms with E-state index in [-0.39, 0.29) is 11.9 Å². The van der Waals surface area contributed by atoms with Crippen LogP contribution in [0.5, 0.6) is 5.75 Å². The highest BCUT2D eigenvalue weighted by Crippen LogP contribution is 2.36. The van der Waals surface area contributed by atoms with Gasteiger partial charge in [-0.1, -0.05) is 23.7 Å². The fraction of sp³-hybridized carbons (Fsp3) is 0.286. The largest absolute Gasteiger partial charge is 0.491 e. The molecule has 38 heavy (non-hydrogen) atoms. The Morgan fingerprint density at radius 2 is 1.95 bits per heavy atom. The molecule has 0 unspecified atom stereocenters. The lowest BCUT2D eigenvalue weighted by atomic mass is 9.86. The van der Waals surface area contributed by atoms with Crippen LogP contribution in [0.4, 0.5) is 5.69 Å². The molecule has 2 aromatic heterocycles. The van der Waals surface area contributed by atoms with Crippen LogP contribution < -0.4 is 15.4 Å². The Hall–Kier alpha value is -3.95. The van der Waals surface area contributed by atoms with Gasteiger partial charge in [0.05, 0.1) is 11.6 Å². The van der Waals surface area contributed by atoms with E-state index >= 15 is 0 Å². The Kier molecular flexibility index (Phi) is 6.47. The van der Waals surface area contributed by atoms with Crippen LogP contribution in [-0.2, 0) is 5.54 Å². The molecule has 194 valence electrons. The van der Waals surface area contributed by atoms with Crippen molar-refractivity contribution in [2.75, 3.05) is 32.1 Å². The van der Waals surface area contributed by atoms with Crippen molar-refractivity contribution >= 4 is 23.2 Å². The highest BCUT2D eigenvalue weighted by Gasteiger charge is 2.39. The zero-order chi connectivity index (χ0) is 26.1. The Balaban J connectivity index is 1.23. The van der Waals surface area contributed by atoms with E-state index in [2.05, 4.69) is 37.8 Å². The van der Waals surface area contributed by atoms with E-state index in [0.717, 1.165) is 48.6 Å². The number of hydrogen-bond acceptors (Lipinski definition) is 7. The number of carbonyl (C=O) groups excluding carboxylic acids is 1. The van der Waals surface area contributed by atoms with Gasteiger partial charge in [0.15, 0.2) is 11.6 Å². The molecule has 1 saturated heterocycles. The maximum atomic E-state index is 13.2. The summed E-state index contributed by atoms with van der Waals surface area (Å²) in [6.07, 6.45) is 5.14. The molecule has 2 aromatic carbocycles. The Bertz CT molecular complexity index is 1450. The summed E-state index contributed by atoms with van der Waals surface area (Å²) >= 11 is 6.08. The van der Waals surface area contributed by atoms with Crippen LogP contribution in [0.1, 0.15) is 40.6 Å². The number of ether oxygens (including phenoxy) is 1. The van der Waals surface area contributed by atoms with Crippen molar-refractivity contribution in [2.45, 2.75) is 24.4 Å². The zero-order valence-electron chi connectivity index (χ0n) is 20.9. The Labute approximate surface area is 225 Å². The standard InChI is InChI=1S/C28H28ClN7O2/c1-36-13-9-28(10-14-36,27-32-25(34-35-27)18-7-11-30-12-8-18)33-21-4-2-3-19(15-21)26(37)31-23-17-38-24-16-20(29)5-6-22(23)24/h2-8,11-12,15-16,23,33H,9-10,13-14,17H2,1H3,(H,31,37)(H,32,34,35)/t23-/m1/s1. The lowest BCUT2D eigenvalue weighted by Gasteiger charge is -2.40. The number of nitrogens with one attached hydrogen (secondary N) is 3. The molecular formula is C28H28ClN7O2. The minimum Gasteiger partial charge on any atom is -0.491 e. The van der Waals surface area contributed by atoms with Gasteiger partial charge in [-0.3, -0.25) is 14.9 Å². The first-order valence-corrected chi connectivity index (χ1v) is 13.0. The Morgan fingerprint density at radius 1 is 1.13 bits per heavy atom. The van der Waals surface area contributed by atoms with Crippen molar-refractivity contribution in [1.29, 1.82) is 0 Å². The van der Waals surface area contributed by atoms with Crippen molar-refractivity contribution in [3.63, 3.8) is 0 Å². The number of piperidine rings is 1. The van der Waals surface area contributed by atoms with E-state index in [1.54, 1.807) is 18.5 Å². The number of halogens is 1. The van der Waals surface area contributed by atoms with Crippen LogP contribution in [0.25, 0.3) is 11.4 Å². The molecule has 2 aliphatic rings. The molecule has 0 bridgehead atoms. The summed E-state index contributed by atoms with van der Waals surface area (Å²) in [5.74, 6) is 1.96. The maximum absolute atomic E-state index is 13.2. The van der Waals surface area contributed by atoms with Crippen LogP contribution in [0.3, 0.4) is 0 Å². The lowest BCUT2D eigenvalue weighted by molar-refractivity contribution is 0.0930. The third-order valence-electron chi connectivity index (χ3n) is 7.29. The van der Waals surface area contributed by atoms with Crippen LogP contribution in [0, 0.1) is 0 Å². The predicted molar refractivity (Wildman–Crippen MR) is 145 cm³/mol. The van der Waals surface area contributed by atoms with Gasteiger partial charge in [-0.15, -0.1) is 0 Å². The van der Waals surface area contributed by atoms with Gasteiger partial charge in [-0.05, 0) is 62.4 Å². The fourth-order valence-electron chi connectivity index (χ4n) is 5.09. The first-order chi connectivity index (χ1) is 18.5. The molecule has 1 fully saturated rings. The molecule has 6 rings (SSSR count). The molecule has 9 nitrogen and oxygen atoms in total. The molecule has 4 aromatic rings. The second-order valence-corrected chi connectivity index (χ2v) is 10.3. The summed E-state index contributed by atoms with van der Waals surface area (Å²) in [6, 6.07) is 16.6. The number of nitrogens with zero attached hydrogens (tertiary/aromatic N) is 4. The van der Waals surface area contributed by atoms with E-state index < -0.39 is 5.54 Å². The van der Waals surface area contributed by atoms with Gasteiger partial charge in [0.25, 0.3) is 5.91 Å². The third-order valence-corrected chi connectivity index (χ3v) is 7.52. The number of aromatic amines is 1. The highest BCUT2D eigenvalue weighted by molar-refractivity contribution is 6.30. The summed E-state index contributed by atoms with van der Waals surface area (Å²) in [4.78, 5) is 24.5. The van der Waals surface area contributed by atoms with Crippen molar-refractivity contribution in [2.24, 2.45) is 0 Å². The molecule has 2 aliphatic heterocycles. The van der Waals surface area contributed by atoms with Gasteiger partial charge >= 0.3 is 0 Å². The second-order valence-electron chi connectivity index (χ2n) is 9.85. The van der Waals surface area contributed by atoms with Crippen LogP contribution in [0.15, 0.2) is 67.0 Å². The smallest absolute Gasteiger partial charge is 0.251 e. The number of likely N-dealkylation sites (tertiary alicyclic amines) is 1. The molecular weight excluding hydrogens is 502 g/mol. The van der Waals surface area contributed by atoms with Gasteiger partial charge in [-0.2, -0.15) is 5.10 Å². The van der Waals surface area contributed by atoms with E-state index in [1.165, 1.54) is 0 Å². The number of amides is 1. The molecule has 1 amide bonds. The first-order valence-electron chi connectivity index (χ1n) is 12.6. The number of pyridine rings is 1. The summed E-state index contributed by atoms with van der Waals surface area (Å²) < 4.78 is 5.72. The van der Waals surface area contributed by atoms with Crippen molar-refractivity contribution in [3.8, 4) is 17.1 Å². The average Bonchev–Trinajstić information content (AvgIpc) is 3.59. The minimum atomic E-state index is -0.447. The molecule has 0 spiro atoms. The van der Waals surface area contributed by atoms with Crippen LogP contribution >= 0.6 is 11.6 Å². The molecule has 1 atom stereocenters. The van der Waals surface area contributed by atoms with Gasteiger partial charge in [0.2, 0.25) is 0 Å². The lowest BCUT2D eigenvalue weighted by Crippen LogP contribution is -2.46. The quantitative estimate of drug-likeness (QED) is 0.339. The Morgan fingerprint density at radius 3 is 2.76 bits per heavy atom. The monoisotopic (exact) mass is 529 g/mol. The molecule has 0 saturated carbocycles. The van der Waals surface area contributed by atoms with Gasteiger partial charge < -0.3 is 20.3 Å². The van der Waals surface area contributed by atoms with E-state index in [1.807, 2.05) is 48.5 Å². The highest BCUT2D eigenvalue weighted by atomic mass is 35.5. The number of benzene rings is 2. The molecule has 10 heteroatoms. The number of aromatic nitrogens is 4. The first kappa shape index (κ1) is 24.4. The second kappa shape index (κ2) is 10.1. The summed E-state index contributed by atoms with van der Waals surface area (Å²) in [6.45, 7) is 2.19. The molecule has 4 heterocycles. The number of H-pyrrole nitrogens is 1. The van der Waals surface area contributed by atoms with E-state index in [0.29, 0.717) is 28.8 Å². The number of carbonyl (C=O) groups is 1. The number of anilines is 1. The third kappa shape index (κ3) is 4.82. The normalized spacial score (nSPS) is 18.4. The van der Waals surface area contributed by atoms with Crippen molar-refractivity contribution in [3.05, 3.63) is 89.0 Å². The number of fused-ring (bicyclic) bond motifs is 1. The maximum Gasteiger partial charge on any atom is 0.251 e. The molecule has 0 radical (unpaired) electrons. The summed E-state index contributed by atoms with van der Waals surface area (Å²) in [5.41, 5.74) is 2.80. The van der Waals surface area contributed by atoms with Crippen molar-refractivity contribution in [1.82, 2.24) is 30.4 Å². The topological polar surface area (TPSA) is 108 Å². The van der Waals surface area contributed by atoms with Crippen LogP contribution in [0.2, 0.25) is 5.02 Å². The van der Waals surface area contributed by atoms with E-state index in [4.69, 9.17) is 21.3 Å². The van der Waals surface area contributed by atoms with Gasteiger partial charge in [0.1, 0.15) is 12.4 Å². The number of hydrogen-bond donors (Lipinski definition) is 3. The SMILES string of the molecule is CN1CCC(Nc2cccc(C(=O)N[C@@H]3COc4cc(Cl)ccc43)c2)(c2nc(-c3ccncc3)n[nH]2)CC1. The number of rotatable bonds is 6. The van der Waals surface area contributed by atoms with Gasteiger partial charge in [-0.25, -0.2) is 4.98 Å². The zero-order valence-corrected chi connectivity index (χ0v) is 21.7. The minimum absolute atomic E-state index is 0.165. The van der Waals surface area contributed by atoms with Crippen molar-refractivity contribution < 1.29 is 9.53 Å². The molecule has 3 N–H and O–H groups in total. The van der Waals surface area contributed by atoms with Gasteiger partial charge in [0, 0.05) is 52.9 Å². The summed E-state index contributed by atoms with van der Waals surface area (Å²) in [5, 5.41) is 15.1. The average molecular weight is 530 g/mol. The summed E-state index contributed by atoms with van der Waals surface area (Å²) in [7, 11) is 2.12. The van der Waals surface area contributed by atoms with Crippen LogP contribution in [-0.4, -0.2) is 57.7 Å². The molecule has 0 aliphatic carbocycles. The fourth-order valence-corrected chi connectivity index (χ4v) is 5.25. The van der Waals surface area contributed by atoms with E-state index in [9.17, 15) is 4.79 Å². The predicted octanol–water partition coefficient (Wildman–Crippen LogP) is 4.42.